The van der Waals surface area contributed by atoms with Gasteiger partial charge in [0.05, 0.1) is 11.5 Å². The molecule has 0 aliphatic heterocycles. The van der Waals surface area contributed by atoms with Gasteiger partial charge >= 0.3 is 5.69 Å². The van der Waals surface area contributed by atoms with Gasteiger partial charge in [-0.25, -0.2) is 0 Å². The van der Waals surface area contributed by atoms with Crippen LogP contribution in [0.15, 0.2) is 0 Å². The molecular weight excluding hydrogens is 320 g/mol. The second kappa shape index (κ2) is 8.97. The average Bonchev–Trinajstić information content (AvgIpc) is 2.87. The molecule has 1 fully saturated rings. The van der Waals surface area contributed by atoms with Crippen LogP contribution in [0, 0.1) is 29.9 Å². The first kappa shape index (κ1) is 19.4. The predicted octanol–water partition coefficient (Wildman–Crippen LogP) is 3.66. The Morgan fingerprint density at radius 3 is 2.60 bits per heavy atom. The zero-order valence-electron chi connectivity index (χ0n) is 15.6. The lowest BCUT2D eigenvalue weighted by atomic mass is 9.82. The van der Waals surface area contributed by atoms with Crippen LogP contribution >= 0.6 is 0 Å². The van der Waals surface area contributed by atoms with Gasteiger partial charge in [0.25, 0.3) is 0 Å². The summed E-state index contributed by atoms with van der Waals surface area (Å²) in [7, 11) is 0. The predicted molar refractivity (Wildman–Crippen MR) is 96.4 cm³/mol. The van der Waals surface area contributed by atoms with Crippen molar-refractivity contribution >= 4 is 11.6 Å². The van der Waals surface area contributed by atoms with Gasteiger partial charge in [-0.05, 0) is 39.0 Å². The number of aryl methyl sites for hydroxylation is 2. The highest BCUT2D eigenvalue weighted by atomic mass is 16.6. The molecule has 1 aromatic heterocycles. The Balaban J connectivity index is 1.92. The Kier molecular flexibility index (Phi) is 6.96. The maximum Gasteiger partial charge on any atom is 0.312 e. The average molecular weight is 350 g/mol. The maximum absolute atomic E-state index is 12.4. The van der Waals surface area contributed by atoms with Crippen molar-refractivity contribution in [3.63, 3.8) is 0 Å². The van der Waals surface area contributed by atoms with Crippen LogP contribution in [0.3, 0.4) is 0 Å². The number of amides is 1. The quantitative estimate of drug-likeness (QED) is 0.572. The molecule has 0 saturated heterocycles. The molecule has 1 saturated carbocycles. The maximum atomic E-state index is 12.4. The highest BCUT2D eigenvalue weighted by molar-refractivity contribution is 5.76. The van der Waals surface area contributed by atoms with Gasteiger partial charge < -0.3 is 5.32 Å². The highest BCUT2D eigenvalue weighted by Crippen LogP contribution is 2.28. The molecule has 1 aliphatic carbocycles. The molecule has 1 N–H and O–H groups in total. The lowest BCUT2D eigenvalue weighted by Gasteiger charge is -2.31. The van der Waals surface area contributed by atoms with Crippen molar-refractivity contribution in [1.82, 2.24) is 15.1 Å². The van der Waals surface area contributed by atoms with E-state index >= 15 is 0 Å². The molecule has 1 aromatic rings. The minimum absolute atomic E-state index is 0.0132. The molecule has 0 radical (unpaired) electrons. The summed E-state index contributed by atoms with van der Waals surface area (Å²) in [6.45, 7) is 5.83. The van der Waals surface area contributed by atoms with E-state index in [2.05, 4.69) is 17.3 Å². The van der Waals surface area contributed by atoms with E-state index in [9.17, 15) is 14.9 Å². The molecule has 25 heavy (non-hydrogen) atoms. The molecule has 1 unspecified atom stereocenters. The third kappa shape index (κ3) is 5.03. The Hall–Kier alpha value is -1.92. The number of carbonyl (C=O) groups is 1. The summed E-state index contributed by atoms with van der Waals surface area (Å²) in [5.41, 5.74) is 0.952. The highest BCUT2D eigenvalue weighted by Gasteiger charge is 2.25. The molecule has 1 heterocycles. The second-order valence-corrected chi connectivity index (χ2v) is 7.11. The van der Waals surface area contributed by atoms with Gasteiger partial charge in [-0.1, -0.05) is 32.6 Å². The fourth-order valence-corrected chi connectivity index (χ4v) is 3.93. The van der Waals surface area contributed by atoms with Crippen LogP contribution in [-0.4, -0.2) is 26.7 Å². The van der Waals surface area contributed by atoms with Crippen LogP contribution in [0.5, 0.6) is 0 Å². The van der Waals surface area contributed by atoms with Gasteiger partial charge in [-0.15, -0.1) is 0 Å². The van der Waals surface area contributed by atoms with E-state index in [4.69, 9.17) is 0 Å². The van der Waals surface area contributed by atoms with Crippen molar-refractivity contribution in [2.45, 2.75) is 84.7 Å². The molecule has 1 amide bonds. The first-order valence-corrected chi connectivity index (χ1v) is 9.41. The first-order valence-electron chi connectivity index (χ1n) is 9.41. The minimum Gasteiger partial charge on any atom is -0.353 e. The summed E-state index contributed by atoms with van der Waals surface area (Å²) in [4.78, 5) is 23.0. The van der Waals surface area contributed by atoms with Gasteiger partial charge in [-0.2, -0.15) is 5.10 Å². The van der Waals surface area contributed by atoms with Gasteiger partial charge in [0.2, 0.25) is 5.91 Å². The van der Waals surface area contributed by atoms with Crippen molar-refractivity contribution in [3.05, 3.63) is 21.5 Å². The Morgan fingerprint density at radius 2 is 2.04 bits per heavy atom. The number of carbonyl (C=O) groups excluding carboxylic acids is 1. The van der Waals surface area contributed by atoms with Crippen molar-refractivity contribution in [2.75, 3.05) is 0 Å². The molecule has 2 rings (SSSR count). The minimum atomic E-state index is -0.408. The third-order valence-corrected chi connectivity index (χ3v) is 5.24. The summed E-state index contributed by atoms with van der Waals surface area (Å²) in [5, 5.41) is 18.5. The lowest BCUT2D eigenvalue weighted by Crippen LogP contribution is -2.41. The Bertz CT molecular complexity index is 606. The summed E-state index contributed by atoms with van der Waals surface area (Å²) in [6.07, 6.45) is 8.61. The molecule has 0 bridgehead atoms. The van der Waals surface area contributed by atoms with Gasteiger partial charge in [0.15, 0.2) is 0 Å². The molecule has 1 aliphatic rings. The van der Waals surface area contributed by atoms with Crippen LogP contribution in [0.1, 0.15) is 69.7 Å². The van der Waals surface area contributed by atoms with Crippen LogP contribution in [0.4, 0.5) is 5.69 Å². The Morgan fingerprint density at radius 1 is 1.36 bits per heavy atom. The number of nitro groups is 1. The normalized spacial score (nSPS) is 16.6. The van der Waals surface area contributed by atoms with Gasteiger partial charge in [0.1, 0.15) is 11.4 Å². The number of hydrogen-bond acceptors (Lipinski definition) is 4. The van der Waals surface area contributed by atoms with Crippen LogP contribution in [-0.2, 0) is 11.3 Å². The van der Waals surface area contributed by atoms with Crippen molar-refractivity contribution in [3.8, 4) is 0 Å². The molecule has 0 spiro atoms. The number of aromatic nitrogens is 2. The van der Waals surface area contributed by atoms with Crippen LogP contribution in [0.2, 0.25) is 0 Å². The van der Waals surface area contributed by atoms with Crippen LogP contribution < -0.4 is 5.32 Å². The van der Waals surface area contributed by atoms with E-state index in [1.165, 1.54) is 32.1 Å². The molecule has 0 aromatic carbocycles. The first-order chi connectivity index (χ1) is 11.9. The van der Waals surface area contributed by atoms with Crippen molar-refractivity contribution < 1.29 is 9.72 Å². The SMILES string of the molecule is CCCC(NC(=O)CCn1nc(C)c([N+](=O)[O-])c1C)C1CCCCC1. The third-order valence-electron chi connectivity index (χ3n) is 5.24. The smallest absolute Gasteiger partial charge is 0.312 e. The largest absolute Gasteiger partial charge is 0.353 e. The van der Waals surface area contributed by atoms with E-state index in [0.29, 0.717) is 30.3 Å². The number of nitrogens with one attached hydrogen (secondary N) is 1. The second-order valence-electron chi connectivity index (χ2n) is 7.11. The van der Waals surface area contributed by atoms with E-state index in [-0.39, 0.29) is 17.6 Å². The molecule has 1 atom stereocenters. The van der Waals surface area contributed by atoms with Gasteiger partial charge in [0, 0.05) is 12.5 Å². The fraction of sp³-hybridized carbons (Fsp3) is 0.778. The lowest BCUT2D eigenvalue weighted by molar-refractivity contribution is -0.386. The summed E-state index contributed by atoms with van der Waals surface area (Å²) < 4.78 is 1.57. The number of rotatable bonds is 8. The standard InChI is InChI=1S/C18H30N4O3/c1-4-8-16(15-9-6-5-7-10-15)19-17(23)11-12-21-14(3)18(22(24)25)13(2)20-21/h15-16H,4-12H2,1-3H3,(H,19,23). The van der Waals surface area contributed by atoms with Crippen molar-refractivity contribution in [2.24, 2.45) is 5.92 Å². The zero-order valence-corrected chi connectivity index (χ0v) is 15.6. The Labute approximate surface area is 149 Å². The molecule has 140 valence electrons. The van der Waals surface area contributed by atoms with Crippen molar-refractivity contribution in [1.29, 1.82) is 0 Å². The summed E-state index contributed by atoms with van der Waals surface area (Å²) >= 11 is 0. The topological polar surface area (TPSA) is 90.1 Å². The fourth-order valence-electron chi connectivity index (χ4n) is 3.93. The molecule has 7 heteroatoms. The van der Waals surface area contributed by atoms with E-state index in [0.717, 1.165) is 12.8 Å². The van der Waals surface area contributed by atoms with E-state index in [1.54, 1.807) is 18.5 Å². The summed E-state index contributed by atoms with van der Waals surface area (Å²) in [6, 6.07) is 0.257. The summed E-state index contributed by atoms with van der Waals surface area (Å²) in [5.74, 6) is 0.603. The zero-order chi connectivity index (χ0) is 18.4. The van der Waals surface area contributed by atoms with E-state index < -0.39 is 4.92 Å². The monoisotopic (exact) mass is 350 g/mol. The van der Waals surface area contributed by atoms with Crippen LogP contribution in [0.25, 0.3) is 0 Å². The number of nitrogens with zero attached hydrogens (tertiary/aromatic N) is 3. The molecule has 7 nitrogen and oxygen atoms in total. The van der Waals surface area contributed by atoms with Gasteiger partial charge in [-0.3, -0.25) is 19.6 Å². The van der Waals surface area contributed by atoms with E-state index in [1.807, 2.05) is 0 Å². The number of hydrogen-bond donors (Lipinski definition) is 1. The molecular formula is C18H30N4O3.